The first-order chi connectivity index (χ1) is 11.0. The molecule has 0 aliphatic carbocycles. The first kappa shape index (κ1) is 18.8. The lowest BCUT2D eigenvalue weighted by atomic mass is 9.74. The number of carbonyl (C=O) groups excluding carboxylic acids is 1. The van der Waals surface area contributed by atoms with Gasteiger partial charge >= 0.3 is 0 Å². The smallest absolute Gasteiger partial charge is 0.227 e. The van der Waals surface area contributed by atoms with Gasteiger partial charge in [0.2, 0.25) is 5.91 Å². The first-order valence-corrected chi connectivity index (χ1v) is 8.44. The minimum absolute atomic E-state index is 0. The third kappa shape index (κ3) is 3.76. The summed E-state index contributed by atoms with van der Waals surface area (Å²) in [6, 6.07) is 7.87. The van der Waals surface area contributed by atoms with Gasteiger partial charge in [-0.25, -0.2) is 0 Å². The summed E-state index contributed by atoms with van der Waals surface area (Å²) < 4.78 is 5.53. The summed E-state index contributed by atoms with van der Waals surface area (Å²) in [5.41, 5.74) is 7.87. The Bertz CT molecular complexity index is 687. The Hall–Kier alpha value is -1.52. The number of fused-ring (bicyclic) bond motifs is 1. The maximum absolute atomic E-state index is 12.6. The fourth-order valence-electron chi connectivity index (χ4n) is 3.52. The average Bonchev–Trinajstić information content (AvgIpc) is 2.98. The van der Waals surface area contributed by atoms with Gasteiger partial charge in [0.15, 0.2) is 0 Å². The number of hydrogen-bond acceptors (Lipinski definition) is 3. The lowest BCUT2D eigenvalue weighted by Crippen LogP contribution is -2.44. The van der Waals surface area contributed by atoms with Gasteiger partial charge in [0, 0.05) is 24.0 Å². The van der Waals surface area contributed by atoms with E-state index in [4.69, 9.17) is 10.2 Å². The lowest BCUT2D eigenvalue weighted by Gasteiger charge is -2.40. The number of piperidine rings is 1. The summed E-state index contributed by atoms with van der Waals surface area (Å²) in [4.78, 5) is 14.6. The Morgan fingerprint density at radius 1 is 1.29 bits per heavy atom. The molecule has 4 nitrogen and oxygen atoms in total. The third-order valence-electron chi connectivity index (χ3n) is 5.38. The standard InChI is InChI=1S/C19H26N2O2.ClH/c1-19(2,13-20)15-7-9-21(10-8-15)18(22)11-14-12-23-17-6-4-3-5-16(14)17;/h3-6,12,15H,7-11,13,20H2,1-2H3;1H. The van der Waals surface area contributed by atoms with Gasteiger partial charge in [-0.15, -0.1) is 12.4 Å². The fraction of sp³-hybridized carbons (Fsp3) is 0.526. The SMILES string of the molecule is CC(C)(CN)C1CCN(C(=O)Cc2coc3ccccc23)CC1.Cl. The Labute approximate surface area is 149 Å². The molecule has 0 saturated carbocycles. The van der Waals surface area contributed by atoms with E-state index in [9.17, 15) is 4.79 Å². The molecule has 1 saturated heterocycles. The van der Waals surface area contributed by atoms with Crippen molar-refractivity contribution < 1.29 is 9.21 Å². The van der Waals surface area contributed by atoms with E-state index in [0.29, 0.717) is 18.9 Å². The number of carbonyl (C=O) groups is 1. The molecule has 1 fully saturated rings. The van der Waals surface area contributed by atoms with E-state index in [0.717, 1.165) is 42.5 Å². The van der Waals surface area contributed by atoms with Crippen LogP contribution in [0.3, 0.4) is 0 Å². The fourth-order valence-corrected chi connectivity index (χ4v) is 3.52. The molecule has 24 heavy (non-hydrogen) atoms. The highest BCUT2D eigenvalue weighted by molar-refractivity contribution is 5.87. The largest absolute Gasteiger partial charge is 0.464 e. The summed E-state index contributed by atoms with van der Waals surface area (Å²) >= 11 is 0. The normalized spacial score (nSPS) is 16.2. The van der Waals surface area contributed by atoms with Gasteiger partial charge in [-0.1, -0.05) is 32.0 Å². The number of amides is 1. The Balaban J connectivity index is 0.00000208. The van der Waals surface area contributed by atoms with Crippen LogP contribution < -0.4 is 5.73 Å². The van der Waals surface area contributed by atoms with Crippen LogP contribution in [0.2, 0.25) is 0 Å². The molecule has 0 radical (unpaired) electrons. The lowest BCUT2D eigenvalue weighted by molar-refractivity contribution is -0.132. The van der Waals surface area contributed by atoms with E-state index >= 15 is 0 Å². The molecule has 5 heteroatoms. The summed E-state index contributed by atoms with van der Waals surface area (Å²) in [5.74, 6) is 0.798. The maximum Gasteiger partial charge on any atom is 0.227 e. The van der Waals surface area contributed by atoms with Gasteiger partial charge < -0.3 is 15.1 Å². The molecule has 0 spiro atoms. The third-order valence-corrected chi connectivity index (χ3v) is 5.38. The van der Waals surface area contributed by atoms with Gasteiger partial charge in [-0.2, -0.15) is 0 Å². The van der Waals surface area contributed by atoms with Crippen LogP contribution in [0, 0.1) is 11.3 Å². The number of halogens is 1. The Kier molecular flexibility index (Phi) is 5.94. The molecule has 132 valence electrons. The summed E-state index contributed by atoms with van der Waals surface area (Å²) in [6.07, 6.45) is 4.22. The van der Waals surface area contributed by atoms with Crippen molar-refractivity contribution in [1.82, 2.24) is 4.90 Å². The molecule has 1 aliphatic rings. The number of para-hydroxylation sites is 1. The van der Waals surface area contributed by atoms with Crippen LogP contribution in [0.4, 0.5) is 0 Å². The van der Waals surface area contributed by atoms with Crippen molar-refractivity contribution >= 4 is 29.3 Å². The number of furan rings is 1. The van der Waals surface area contributed by atoms with Crippen LogP contribution in [0.15, 0.2) is 34.9 Å². The minimum Gasteiger partial charge on any atom is -0.464 e. The van der Waals surface area contributed by atoms with Gasteiger partial charge in [0.1, 0.15) is 5.58 Å². The highest BCUT2D eigenvalue weighted by atomic mass is 35.5. The molecule has 2 heterocycles. The zero-order chi connectivity index (χ0) is 16.4. The monoisotopic (exact) mass is 350 g/mol. The Morgan fingerprint density at radius 2 is 1.96 bits per heavy atom. The second-order valence-electron chi connectivity index (χ2n) is 7.28. The second kappa shape index (κ2) is 7.58. The highest BCUT2D eigenvalue weighted by Gasteiger charge is 2.32. The van der Waals surface area contributed by atoms with Crippen molar-refractivity contribution in [1.29, 1.82) is 0 Å². The molecule has 1 amide bonds. The minimum atomic E-state index is 0. The summed E-state index contributed by atoms with van der Waals surface area (Å²) in [7, 11) is 0. The van der Waals surface area contributed by atoms with Crippen molar-refractivity contribution in [3.63, 3.8) is 0 Å². The van der Waals surface area contributed by atoms with Crippen LogP contribution in [0.1, 0.15) is 32.3 Å². The van der Waals surface area contributed by atoms with E-state index in [-0.39, 0.29) is 23.7 Å². The molecular formula is C19H27ClN2O2. The van der Waals surface area contributed by atoms with Crippen molar-refractivity contribution in [2.24, 2.45) is 17.1 Å². The number of nitrogens with two attached hydrogens (primary N) is 1. The van der Waals surface area contributed by atoms with Crippen molar-refractivity contribution in [3.05, 3.63) is 36.1 Å². The molecule has 2 N–H and O–H groups in total. The first-order valence-electron chi connectivity index (χ1n) is 8.44. The molecule has 3 rings (SSSR count). The van der Waals surface area contributed by atoms with Crippen LogP contribution in [-0.2, 0) is 11.2 Å². The van der Waals surface area contributed by atoms with Crippen LogP contribution in [0.25, 0.3) is 11.0 Å². The molecule has 2 aromatic rings. The van der Waals surface area contributed by atoms with Gasteiger partial charge in [0.05, 0.1) is 12.7 Å². The van der Waals surface area contributed by atoms with Crippen LogP contribution >= 0.6 is 12.4 Å². The van der Waals surface area contributed by atoms with Crippen LogP contribution in [-0.4, -0.2) is 30.4 Å². The van der Waals surface area contributed by atoms with E-state index in [1.54, 1.807) is 6.26 Å². The van der Waals surface area contributed by atoms with E-state index in [2.05, 4.69) is 13.8 Å². The Morgan fingerprint density at radius 3 is 2.62 bits per heavy atom. The quantitative estimate of drug-likeness (QED) is 0.916. The summed E-state index contributed by atoms with van der Waals surface area (Å²) in [6.45, 7) is 6.83. The number of rotatable bonds is 4. The van der Waals surface area contributed by atoms with Gasteiger partial charge in [-0.05, 0) is 36.8 Å². The van der Waals surface area contributed by atoms with E-state index in [1.807, 2.05) is 29.2 Å². The van der Waals surface area contributed by atoms with E-state index < -0.39 is 0 Å². The number of nitrogens with zero attached hydrogens (tertiary/aromatic N) is 1. The predicted molar refractivity (Wildman–Crippen MR) is 99.3 cm³/mol. The molecule has 0 atom stereocenters. The molecule has 1 aliphatic heterocycles. The number of hydrogen-bond donors (Lipinski definition) is 1. The van der Waals surface area contributed by atoms with Crippen LogP contribution in [0.5, 0.6) is 0 Å². The average molecular weight is 351 g/mol. The molecule has 1 aromatic carbocycles. The molecule has 0 bridgehead atoms. The highest BCUT2D eigenvalue weighted by Crippen LogP contribution is 2.34. The van der Waals surface area contributed by atoms with Crippen molar-refractivity contribution in [3.8, 4) is 0 Å². The zero-order valence-corrected chi connectivity index (χ0v) is 15.3. The topological polar surface area (TPSA) is 59.5 Å². The van der Waals surface area contributed by atoms with Crippen molar-refractivity contribution in [2.75, 3.05) is 19.6 Å². The molecule has 0 unspecified atom stereocenters. The summed E-state index contributed by atoms with van der Waals surface area (Å²) in [5, 5.41) is 1.04. The molecular weight excluding hydrogens is 324 g/mol. The van der Waals surface area contributed by atoms with E-state index in [1.165, 1.54) is 0 Å². The van der Waals surface area contributed by atoms with Gasteiger partial charge in [0.25, 0.3) is 0 Å². The zero-order valence-electron chi connectivity index (χ0n) is 14.5. The molecule has 1 aromatic heterocycles. The maximum atomic E-state index is 12.6. The van der Waals surface area contributed by atoms with Crippen molar-refractivity contribution in [2.45, 2.75) is 33.1 Å². The number of benzene rings is 1. The predicted octanol–water partition coefficient (Wildman–Crippen LogP) is 3.62. The number of likely N-dealkylation sites (tertiary alicyclic amines) is 1. The van der Waals surface area contributed by atoms with Gasteiger partial charge in [-0.3, -0.25) is 4.79 Å². The second-order valence-corrected chi connectivity index (χ2v) is 7.28.